The second-order valence-corrected chi connectivity index (χ2v) is 5.24. The minimum absolute atomic E-state index is 0.315. The Labute approximate surface area is 96.0 Å². The molecule has 0 saturated carbocycles. The first kappa shape index (κ1) is 13.9. The molecule has 0 aromatic heterocycles. The van der Waals surface area contributed by atoms with Crippen LogP contribution in [0.3, 0.4) is 0 Å². The van der Waals surface area contributed by atoms with Crippen molar-refractivity contribution < 1.29 is 24.8 Å². The molecule has 5 atom stereocenters. The zero-order valence-electron chi connectivity index (χ0n) is 10.3. The van der Waals surface area contributed by atoms with Gasteiger partial charge in [0.2, 0.25) is 0 Å². The van der Waals surface area contributed by atoms with Crippen LogP contribution in [-0.2, 0) is 9.47 Å². The Morgan fingerprint density at radius 1 is 1.19 bits per heavy atom. The SMILES string of the molecule is C[C@H]1OC(CO)[C@@H](O)[C@H](O)C1OC(C)(C)C. The van der Waals surface area contributed by atoms with E-state index in [9.17, 15) is 10.2 Å². The zero-order chi connectivity index (χ0) is 12.5. The lowest BCUT2D eigenvalue weighted by Crippen LogP contribution is -2.59. The van der Waals surface area contributed by atoms with Crippen molar-refractivity contribution in [3.05, 3.63) is 0 Å². The molecule has 1 fully saturated rings. The Morgan fingerprint density at radius 2 is 1.75 bits per heavy atom. The molecule has 96 valence electrons. The largest absolute Gasteiger partial charge is 0.394 e. The Kier molecular flexibility index (Phi) is 4.31. The third-order valence-corrected chi connectivity index (χ3v) is 2.59. The summed E-state index contributed by atoms with van der Waals surface area (Å²) in [6.45, 7) is 7.06. The predicted molar refractivity (Wildman–Crippen MR) is 58.1 cm³/mol. The molecule has 0 amide bonds. The second-order valence-electron chi connectivity index (χ2n) is 5.24. The van der Waals surface area contributed by atoms with Gasteiger partial charge in [0.1, 0.15) is 24.4 Å². The van der Waals surface area contributed by atoms with E-state index in [2.05, 4.69) is 0 Å². The topological polar surface area (TPSA) is 79.2 Å². The highest BCUT2D eigenvalue weighted by Gasteiger charge is 2.44. The number of hydrogen-bond acceptors (Lipinski definition) is 5. The molecule has 3 N–H and O–H groups in total. The number of ether oxygens (including phenoxy) is 2. The van der Waals surface area contributed by atoms with Gasteiger partial charge in [-0.3, -0.25) is 0 Å². The van der Waals surface area contributed by atoms with Crippen molar-refractivity contribution >= 4 is 0 Å². The van der Waals surface area contributed by atoms with Crippen LogP contribution in [0.5, 0.6) is 0 Å². The summed E-state index contributed by atoms with van der Waals surface area (Å²) >= 11 is 0. The van der Waals surface area contributed by atoms with Crippen LogP contribution in [0, 0.1) is 0 Å². The lowest BCUT2D eigenvalue weighted by molar-refractivity contribution is -0.255. The summed E-state index contributed by atoms with van der Waals surface area (Å²) < 4.78 is 11.0. The van der Waals surface area contributed by atoms with Crippen LogP contribution in [-0.4, -0.2) is 58.0 Å². The van der Waals surface area contributed by atoms with E-state index in [0.29, 0.717) is 0 Å². The maximum absolute atomic E-state index is 9.91. The zero-order valence-corrected chi connectivity index (χ0v) is 10.3. The van der Waals surface area contributed by atoms with E-state index < -0.39 is 30.0 Å². The maximum atomic E-state index is 9.91. The molecule has 0 bridgehead atoms. The van der Waals surface area contributed by atoms with Crippen molar-refractivity contribution in [3.8, 4) is 0 Å². The molecular weight excluding hydrogens is 212 g/mol. The minimum Gasteiger partial charge on any atom is -0.394 e. The fourth-order valence-electron chi connectivity index (χ4n) is 1.85. The predicted octanol–water partition coefficient (Wildman–Crippen LogP) is -0.329. The molecule has 2 unspecified atom stereocenters. The van der Waals surface area contributed by atoms with Crippen molar-refractivity contribution in [3.63, 3.8) is 0 Å². The van der Waals surface area contributed by atoms with Gasteiger partial charge < -0.3 is 24.8 Å². The summed E-state index contributed by atoms with van der Waals surface area (Å²) in [5, 5.41) is 28.6. The van der Waals surface area contributed by atoms with Gasteiger partial charge in [-0.05, 0) is 27.7 Å². The first-order chi connectivity index (χ1) is 7.26. The van der Waals surface area contributed by atoms with Crippen molar-refractivity contribution in [2.45, 2.75) is 63.8 Å². The maximum Gasteiger partial charge on any atom is 0.113 e. The van der Waals surface area contributed by atoms with Gasteiger partial charge in [0.15, 0.2) is 0 Å². The number of hydrogen-bond donors (Lipinski definition) is 3. The highest BCUT2D eigenvalue weighted by Crippen LogP contribution is 2.26. The van der Waals surface area contributed by atoms with Gasteiger partial charge in [-0.1, -0.05) is 0 Å². The fraction of sp³-hybridized carbons (Fsp3) is 1.00. The van der Waals surface area contributed by atoms with Gasteiger partial charge in [0, 0.05) is 0 Å². The van der Waals surface area contributed by atoms with Gasteiger partial charge in [-0.15, -0.1) is 0 Å². The van der Waals surface area contributed by atoms with Crippen LogP contribution >= 0.6 is 0 Å². The van der Waals surface area contributed by atoms with Crippen LogP contribution in [0.1, 0.15) is 27.7 Å². The molecule has 1 saturated heterocycles. The first-order valence-corrected chi connectivity index (χ1v) is 5.56. The average Bonchev–Trinajstić information content (AvgIpc) is 2.17. The third kappa shape index (κ3) is 3.15. The van der Waals surface area contributed by atoms with Gasteiger partial charge in [0.05, 0.1) is 18.3 Å². The standard InChI is InChI=1S/C11H22O5/c1-6-10(16-11(2,3)4)9(14)8(13)7(5-12)15-6/h6-10,12-14H,5H2,1-4H3/t6-,7?,8-,9+,10?/m1/s1. The molecule has 1 aliphatic rings. The van der Waals surface area contributed by atoms with Crippen molar-refractivity contribution in [1.82, 2.24) is 0 Å². The van der Waals surface area contributed by atoms with Crippen LogP contribution in [0.15, 0.2) is 0 Å². The monoisotopic (exact) mass is 234 g/mol. The Bertz CT molecular complexity index is 225. The summed E-state index contributed by atoms with van der Waals surface area (Å²) in [6, 6.07) is 0. The smallest absolute Gasteiger partial charge is 0.113 e. The van der Waals surface area contributed by atoms with E-state index in [4.69, 9.17) is 14.6 Å². The molecule has 5 nitrogen and oxygen atoms in total. The molecule has 1 heterocycles. The second kappa shape index (κ2) is 4.98. The molecule has 16 heavy (non-hydrogen) atoms. The minimum atomic E-state index is -1.12. The van der Waals surface area contributed by atoms with Gasteiger partial charge in [-0.2, -0.15) is 0 Å². The average molecular weight is 234 g/mol. The highest BCUT2D eigenvalue weighted by atomic mass is 16.6. The third-order valence-electron chi connectivity index (χ3n) is 2.59. The van der Waals surface area contributed by atoms with E-state index >= 15 is 0 Å². The lowest BCUT2D eigenvalue weighted by atomic mass is 9.95. The number of aliphatic hydroxyl groups is 3. The summed E-state index contributed by atoms with van der Waals surface area (Å²) in [5.74, 6) is 0. The summed E-state index contributed by atoms with van der Waals surface area (Å²) in [7, 11) is 0. The van der Waals surface area contributed by atoms with E-state index in [-0.39, 0.29) is 12.7 Å². The van der Waals surface area contributed by atoms with Gasteiger partial charge in [0.25, 0.3) is 0 Å². The van der Waals surface area contributed by atoms with Crippen LogP contribution < -0.4 is 0 Å². The van der Waals surface area contributed by atoms with Crippen molar-refractivity contribution in [1.29, 1.82) is 0 Å². The molecule has 1 rings (SSSR count). The van der Waals surface area contributed by atoms with Crippen molar-refractivity contribution in [2.75, 3.05) is 6.61 Å². The summed E-state index contributed by atoms with van der Waals surface area (Å²) in [4.78, 5) is 0. The van der Waals surface area contributed by atoms with Gasteiger partial charge in [-0.25, -0.2) is 0 Å². The molecule has 0 aromatic rings. The number of rotatable bonds is 2. The van der Waals surface area contributed by atoms with E-state index in [1.54, 1.807) is 6.92 Å². The lowest BCUT2D eigenvalue weighted by Gasteiger charge is -2.43. The normalized spacial score (nSPS) is 41.1. The van der Waals surface area contributed by atoms with E-state index in [1.165, 1.54) is 0 Å². The fourth-order valence-corrected chi connectivity index (χ4v) is 1.85. The molecule has 0 aliphatic carbocycles. The Morgan fingerprint density at radius 3 is 2.19 bits per heavy atom. The quantitative estimate of drug-likeness (QED) is 0.610. The first-order valence-electron chi connectivity index (χ1n) is 5.56. The van der Waals surface area contributed by atoms with E-state index in [0.717, 1.165) is 0 Å². The van der Waals surface area contributed by atoms with Crippen molar-refractivity contribution in [2.24, 2.45) is 0 Å². The molecule has 0 aromatic carbocycles. The molecule has 1 aliphatic heterocycles. The van der Waals surface area contributed by atoms with E-state index in [1.807, 2.05) is 20.8 Å². The van der Waals surface area contributed by atoms with Gasteiger partial charge >= 0.3 is 0 Å². The molecular formula is C11H22O5. The molecule has 5 heteroatoms. The number of aliphatic hydroxyl groups excluding tert-OH is 3. The summed E-state index contributed by atoms with van der Waals surface area (Å²) in [5.41, 5.74) is -0.422. The molecule has 0 spiro atoms. The highest BCUT2D eigenvalue weighted by molar-refractivity contribution is 4.92. The molecule has 0 radical (unpaired) electrons. The van der Waals surface area contributed by atoms with Crippen LogP contribution in [0.2, 0.25) is 0 Å². The Balaban J connectivity index is 2.72. The van der Waals surface area contributed by atoms with Crippen LogP contribution in [0.4, 0.5) is 0 Å². The Hall–Kier alpha value is -0.200. The van der Waals surface area contributed by atoms with Crippen LogP contribution in [0.25, 0.3) is 0 Å². The summed E-state index contributed by atoms with van der Waals surface area (Å²) in [6.07, 6.45) is -3.86.